The third-order valence-electron chi connectivity index (χ3n) is 4.87. The zero-order chi connectivity index (χ0) is 12.9. The minimum atomic E-state index is 0.203. The fourth-order valence-electron chi connectivity index (χ4n) is 3.32. The number of hydrogen-bond donors (Lipinski definition) is 1. The molecule has 0 radical (unpaired) electrons. The molecule has 0 saturated carbocycles. The van der Waals surface area contributed by atoms with Crippen molar-refractivity contribution in [3.05, 3.63) is 0 Å². The van der Waals surface area contributed by atoms with Crippen molar-refractivity contribution in [3.63, 3.8) is 0 Å². The molecule has 2 N–H and O–H groups in total. The van der Waals surface area contributed by atoms with E-state index in [0.717, 1.165) is 0 Å². The molecule has 1 rings (SSSR count). The smallest absolute Gasteiger partial charge is 0.0332 e. The number of hydrogen-bond acceptors (Lipinski definition) is 2. The van der Waals surface area contributed by atoms with E-state index < -0.39 is 0 Å². The summed E-state index contributed by atoms with van der Waals surface area (Å²) in [6.45, 7) is 11.8. The number of nitrogens with two attached hydrogens (primary N) is 1. The highest BCUT2D eigenvalue weighted by Gasteiger charge is 2.38. The van der Waals surface area contributed by atoms with E-state index in [1.807, 2.05) is 0 Å². The normalized spacial score (nSPS) is 25.2. The van der Waals surface area contributed by atoms with Gasteiger partial charge in [0.1, 0.15) is 0 Å². The average molecular weight is 240 g/mol. The zero-order valence-electron chi connectivity index (χ0n) is 12.3. The van der Waals surface area contributed by atoms with Gasteiger partial charge in [0.15, 0.2) is 0 Å². The lowest BCUT2D eigenvalue weighted by molar-refractivity contribution is 0.0378. The Kier molecular flexibility index (Phi) is 5.94. The van der Waals surface area contributed by atoms with Crippen LogP contribution >= 0.6 is 0 Å². The highest BCUT2D eigenvalue weighted by molar-refractivity contribution is 4.97. The van der Waals surface area contributed by atoms with Gasteiger partial charge in [-0.1, -0.05) is 33.6 Å². The van der Waals surface area contributed by atoms with Crippen LogP contribution in [0.2, 0.25) is 0 Å². The van der Waals surface area contributed by atoms with Crippen LogP contribution in [-0.2, 0) is 0 Å². The molecule has 1 aliphatic rings. The highest BCUT2D eigenvalue weighted by atomic mass is 15.2. The second kappa shape index (κ2) is 6.75. The molecule has 0 bridgehead atoms. The summed E-state index contributed by atoms with van der Waals surface area (Å²) in [6.07, 6.45) is 7.77. The van der Waals surface area contributed by atoms with Crippen LogP contribution in [0.4, 0.5) is 0 Å². The van der Waals surface area contributed by atoms with Gasteiger partial charge in [-0.3, -0.25) is 4.90 Å². The summed E-state index contributed by atoms with van der Waals surface area (Å²) in [5, 5.41) is 0. The maximum Gasteiger partial charge on any atom is 0.0332 e. The molecular formula is C15H32N2. The Hall–Kier alpha value is -0.0800. The van der Waals surface area contributed by atoms with Crippen LogP contribution in [0.1, 0.15) is 66.2 Å². The third-order valence-corrected chi connectivity index (χ3v) is 4.87. The summed E-state index contributed by atoms with van der Waals surface area (Å²) >= 11 is 0. The van der Waals surface area contributed by atoms with Gasteiger partial charge in [0.05, 0.1) is 0 Å². The van der Waals surface area contributed by atoms with E-state index in [2.05, 4.69) is 32.6 Å². The molecule has 0 aliphatic carbocycles. The number of nitrogens with zero attached hydrogens (tertiary/aromatic N) is 1. The molecule has 0 aromatic rings. The number of likely N-dealkylation sites (tertiary alicyclic amines) is 1. The van der Waals surface area contributed by atoms with Gasteiger partial charge in [0, 0.05) is 11.6 Å². The van der Waals surface area contributed by atoms with E-state index in [1.165, 1.54) is 51.6 Å². The topological polar surface area (TPSA) is 29.3 Å². The Labute approximate surface area is 108 Å². The summed E-state index contributed by atoms with van der Waals surface area (Å²) in [5.74, 6) is 0.631. The fraction of sp³-hybridized carbons (Fsp3) is 1.00. The molecule has 102 valence electrons. The largest absolute Gasteiger partial charge is 0.326 e. The molecular weight excluding hydrogens is 208 g/mol. The van der Waals surface area contributed by atoms with Crippen molar-refractivity contribution in [3.8, 4) is 0 Å². The Morgan fingerprint density at radius 3 is 2.24 bits per heavy atom. The predicted octanol–water partition coefficient (Wildman–Crippen LogP) is 3.40. The van der Waals surface area contributed by atoms with Crippen molar-refractivity contribution in [2.45, 2.75) is 77.8 Å². The van der Waals surface area contributed by atoms with Crippen LogP contribution in [0.3, 0.4) is 0 Å². The van der Waals surface area contributed by atoms with E-state index in [-0.39, 0.29) is 5.54 Å². The first-order valence-corrected chi connectivity index (χ1v) is 7.56. The molecule has 0 amide bonds. The molecule has 2 nitrogen and oxygen atoms in total. The Morgan fingerprint density at radius 1 is 1.18 bits per heavy atom. The molecule has 0 spiro atoms. The zero-order valence-corrected chi connectivity index (χ0v) is 12.3. The van der Waals surface area contributed by atoms with Gasteiger partial charge in [0.25, 0.3) is 0 Å². The monoisotopic (exact) mass is 240 g/mol. The molecule has 0 aromatic heterocycles. The summed E-state index contributed by atoms with van der Waals surface area (Å²) in [7, 11) is 0. The Morgan fingerprint density at radius 2 is 1.76 bits per heavy atom. The van der Waals surface area contributed by atoms with Crippen LogP contribution < -0.4 is 5.73 Å². The van der Waals surface area contributed by atoms with Gasteiger partial charge in [-0.25, -0.2) is 0 Å². The third kappa shape index (κ3) is 3.45. The molecule has 1 saturated heterocycles. The van der Waals surface area contributed by atoms with Crippen molar-refractivity contribution in [1.82, 2.24) is 4.90 Å². The summed E-state index contributed by atoms with van der Waals surface area (Å²) < 4.78 is 0. The van der Waals surface area contributed by atoms with Crippen LogP contribution in [0, 0.1) is 5.92 Å². The molecule has 1 aliphatic heterocycles. The van der Waals surface area contributed by atoms with E-state index in [0.29, 0.717) is 12.0 Å². The summed E-state index contributed by atoms with van der Waals surface area (Å²) in [4.78, 5) is 2.66. The maximum absolute atomic E-state index is 6.58. The SMILES string of the molecule is CCCC(C)C(N)C(C)(CC)N1CCCCC1. The van der Waals surface area contributed by atoms with Crippen LogP contribution in [0.25, 0.3) is 0 Å². The Bertz CT molecular complexity index is 211. The molecule has 3 atom stereocenters. The molecule has 0 aromatic carbocycles. The lowest BCUT2D eigenvalue weighted by Crippen LogP contribution is -2.61. The maximum atomic E-state index is 6.58. The minimum absolute atomic E-state index is 0.203. The fourth-order valence-corrected chi connectivity index (χ4v) is 3.32. The van der Waals surface area contributed by atoms with Crippen LogP contribution in [0.5, 0.6) is 0 Å². The van der Waals surface area contributed by atoms with E-state index >= 15 is 0 Å². The number of piperidine rings is 1. The van der Waals surface area contributed by atoms with E-state index in [4.69, 9.17) is 5.73 Å². The lowest BCUT2D eigenvalue weighted by Gasteiger charge is -2.48. The second-order valence-electron chi connectivity index (χ2n) is 6.05. The van der Waals surface area contributed by atoms with Gasteiger partial charge in [-0.2, -0.15) is 0 Å². The van der Waals surface area contributed by atoms with Gasteiger partial charge < -0.3 is 5.73 Å². The highest BCUT2D eigenvalue weighted by Crippen LogP contribution is 2.30. The van der Waals surface area contributed by atoms with Crippen molar-refractivity contribution in [2.24, 2.45) is 11.7 Å². The first kappa shape index (κ1) is 15.0. The van der Waals surface area contributed by atoms with Crippen molar-refractivity contribution < 1.29 is 0 Å². The van der Waals surface area contributed by atoms with Crippen molar-refractivity contribution in [1.29, 1.82) is 0 Å². The number of rotatable bonds is 6. The molecule has 17 heavy (non-hydrogen) atoms. The minimum Gasteiger partial charge on any atom is -0.326 e. The molecule has 2 heteroatoms. The van der Waals surface area contributed by atoms with Gasteiger partial charge in [-0.05, 0) is 51.6 Å². The average Bonchev–Trinajstić information content (AvgIpc) is 2.38. The first-order valence-electron chi connectivity index (χ1n) is 7.56. The molecule has 3 unspecified atom stereocenters. The van der Waals surface area contributed by atoms with Crippen LogP contribution in [-0.4, -0.2) is 29.6 Å². The first-order chi connectivity index (χ1) is 8.06. The van der Waals surface area contributed by atoms with Crippen LogP contribution in [0.15, 0.2) is 0 Å². The second-order valence-corrected chi connectivity index (χ2v) is 6.05. The summed E-state index contributed by atoms with van der Waals surface area (Å²) in [5.41, 5.74) is 6.78. The quantitative estimate of drug-likeness (QED) is 0.771. The molecule has 1 heterocycles. The summed E-state index contributed by atoms with van der Waals surface area (Å²) in [6, 6.07) is 0.311. The van der Waals surface area contributed by atoms with Crippen molar-refractivity contribution >= 4 is 0 Å². The van der Waals surface area contributed by atoms with E-state index in [9.17, 15) is 0 Å². The predicted molar refractivity (Wildman–Crippen MR) is 76.2 cm³/mol. The van der Waals surface area contributed by atoms with Crippen molar-refractivity contribution in [2.75, 3.05) is 13.1 Å². The van der Waals surface area contributed by atoms with Gasteiger partial charge in [0.2, 0.25) is 0 Å². The van der Waals surface area contributed by atoms with Gasteiger partial charge in [-0.15, -0.1) is 0 Å². The molecule has 1 fully saturated rings. The van der Waals surface area contributed by atoms with E-state index in [1.54, 1.807) is 0 Å². The van der Waals surface area contributed by atoms with Gasteiger partial charge >= 0.3 is 0 Å². The lowest BCUT2D eigenvalue weighted by atomic mass is 9.78. The standard InChI is InChI=1S/C15H32N2/c1-5-10-13(3)14(16)15(4,6-2)17-11-8-7-9-12-17/h13-14H,5-12,16H2,1-4H3. The Balaban J connectivity index is 2.70.